The maximum absolute atomic E-state index is 12.3. The van der Waals surface area contributed by atoms with E-state index in [1.807, 2.05) is 19.9 Å². The molecular weight excluding hydrogens is 322 g/mol. The number of benzene rings is 1. The highest BCUT2D eigenvalue weighted by Gasteiger charge is 2.38. The highest BCUT2D eigenvalue weighted by Crippen LogP contribution is 2.29. The number of hydrogen-bond acceptors (Lipinski definition) is 5. The van der Waals surface area contributed by atoms with Crippen molar-refractivity contribution in [2.45, 2.75) is 26.3 Å². The number of urea groups is 1. The van der Waals surface area contributed by atoms with Gasteiger partial charge in [0.15, 0.2) is 0 Å². The van der Waals surface area contributed by atoms with Crippen molar-refractivity contribution in [2.75, 3.05) is 12.0 Å². The van der Waals surface area contributed by atoms with Crippen molar-refractivity contribution in [1.82, 2.24) is 10.3 Å². The first-order valence-corrected chi connectivity index (χ1v) is 7.96. The van der Waals surface area contributed by atoms with Crippen LogP contribution in [0.2, 0.25) is 0 Å². The van der Waals surface area contributed by atoms with Crippen LogP contribution >= 0.6 is 0 Å². The molecule has 3 amide bonds. The molecule has 0 unspecified atom stereocenters. The van der Waals surface area contributed by atoms with Gasteiger partial charge in [0.25, 0.3) is 5.91 Å². The number of nitrogens with one attached hydrogen (secondary N) is 1. The number of aromatic nitrogens is 1. The lowest BCUT2D eigenvalue weighted by molar-refractivity contribution is -0.118. The van der Waals surface area contributed by atoms with Crippen molar-refractivity contribution < 1.29 is 19.1 Å². The predicted octanol–water partition coefficient (Wildman–Crippen LogP) is 3.03. The molecule has 1 aromatic carbocycles. The Hall–Kier alpha value is -3.09. The van der Waals surface area contributed by atoms with E-state index in [9.17, 15) is 9.59 Å². The lowest BCUT2D eigenvalue weighted by atomic mass is 10.2. The number of carbonyl (C=O) groups is 2. The van der Waals surface area contributed by atoms with Gasteiger partial charge >= 0.3 is 6.03 Å². The Kier molecular flexibility index (Phi) is 4.56. The number of aryl methyl sites for hydroxylation is 1. The Labute approximate surface area is 145 Å². The van der Waals surface area contributed by atoms with Gasteiger partial charge in [0.05, 0.1) is 12.8 Å². The number of ether oxygens (including phenoxy) is 2. The third-order valence-corrected chi connectivity index (χ3v) is 4.01. The molecule has 1 aliphatic heterocycles. The molecule has 0 spiro atoms. The highest BCUT2D eigenvalue weighted by molar-refractivity contribution is 6.21. The second-order valence-electron chi connectivity index (χ2n) is 5.67. The van der Waals surface area contributed by atoms with Gasteiger partial charge in [-0.15, -0.1) is 0 Å². The molecule has 2 aromatic rings. The van der Waals surface area contributed by atoms with Crippen molar-refractivity contribution in [2.24, 2.45) is 0 Å². The van der Waals surface area contributed by atoms with Crippen LogP contribution in [0.5, 0.6) is 17.4 Å². The molecule has 7 heteroatoms. The summed E-state index contributed by atoms with van der Waals surface area (Å²) in [6, 6.07) is 7.65. The number of imide groups is 1. The van der Waals surface area contributed by atoms with Crippen LogP contribution in [0.4, 0.5) is 10.5 Å². The largest absolute Gasteiger partial charge is 0.496 e. The van der Waals surface area contributed by atoms with Gasteiger partial charge in [-0.1, -0.05) is 13.0 Å². The normalized spacial score (nSPS) is 16.8. The predicted molar refractivity (Wildman–Crippen MR) is 92.1 cm³/mol. The van der Waals surface area contributed by atoms with Crippen LogP contribution in [0.1, 0.15) is 18.9 Å². The van der Waals surface area contributed by atoms with Gasteiger partial charge in [0, 0.05) is 18.3 Å². The van der Waals surface area contributed by atoms with Crippen molar-refractivity contribution in [1.29, 1.82) is 0 Å². The first-order valence-electron chi connectivity index (χ1n) is 7.96. The minimum absolute atomic E-state index is 0.276. The molecule has 2 heterocycles. The van der Waals surface area contributed by atoms with Gasteiger partial charge in [-0.2, -0.15) is 0 Å². The van der Waals surface area contributed by atoms with E-state index >= 15 is 0 Å². The number of nitrogens with zero attached hydrogens (tertiary/aromatic N) is 2. The molecule has 0 bridgehead atoms. The van der Waals surface area contributed by atoms with E-state index in [-0.39, 0.29) is 11.8 Å². The number of amides is 3. The van der Waals surface area contributed by atoms with Crippen LogP contribution in [-0.4, -0.2) is 30.1 Å². The maximum atomic E-state index is 12.3. The molecule has 1 saturated heterocycles. The molecule has 25 heavy (non-hydrogen) atoms. The highest BCUT2D eigenvalue weighted by atomic mass is 16.5. The van der Waals surface area contributed by atoms with E-state index in [1.54, 1.807) is 31.4 Å². The Morgan fingerprint density at radius 1 is 1.24 bits per heavy atom. The average molecular weight is 341 g/mol. The quantitative estimate of drug-likeness (QED) is 0.846. The molecule has 1 atom stereocenters. The zero-order valence-electron chi connectivity index (χ0n) is 14.3. The fourth-order valence-electron chi connectivity index (χ4n) is 2.63. The SMILES string of the molecule is CC[C@H]1NC(=O)N(c2ccnc(Oc3ccc(C)c(OC)c3)c2)C1=O. The molecule has 3 rings (SSSR count). The van der Waals surface area contributed by atoms with E-state index in [1.165, 1.54) is 6.20 Å². The third-order valence-electron chi connectivity index (χ3n) is 4.01. The second-order valence-corrected chi connectivity index (χ2v) is 5.67. The monoisotopic (exact) mass is 341 g/mol. The Morgan fingerprint density at radius 3 is 2.72 bits per heavy atom. The van der Waals surface area contributed by atoms with Crippen LogP contribution in [0.25, 0.3) is 0 Å². The van der Waals surface area contributed by atoms with Gasteiger partial charge in [-0.25, -0.2) is 14.7 Å². The van der Waals surface area contributed by atoms with Crippen LogP contribution in [0, 0.1) is 6.92 Å². The van der Waals surface area contributed by atoms with Gasteiger partial charge < -0.3 is 14.8 Å². The second kappa shape index (κ2) is 6.80. The number of anilines is 1. The summed E-state index contributed by atoms with van der Waals surface area (Å²) in [5, 5.41) is 2.65. The lowest BCUT2D eigenvalue weighted by Crippen LogP contribution is -2.31. The van der Waals surface area contributed by atoms with Crippen molar-refractivity contribution in [3.05, 3.63) is 42.1 Å². The number of rotatable bonds is 5. The number of methoxy groups -OCH3 is 1. The van der Waals surface area contributed by atoms with Gasteiger partial charge in [0.1, 0.15) is 17.5 Å². The summed E-state index contributed by atoms with van der Waals surface area (Å²) < 4.78 is 11.0. The first-order chi connectivity index (χ1) is 12.0. The van der Waals surface area contributed by atoms with E-state index in [4.69, 9.17) is 9.47 Å². The maximum Gasteiger partial charge on any atom is 0.329 e. The van der Waals surface area contributed by atoms with Crippen LogP contribution in [0.3, 0.4) is 0 Å². The lowest BCUT2D eigenvalue weighted by Gasteiger charge is -2.14. The molecule has 1 N–H and O–H groups in total. The van der Waals surface area contributed by atoms with Gasteiger partial charge in [-0.05, 0) is 31.0 Å². The van der Waals surface area contributed by atoms with E-state index in [0.29, 0.717) is 23.6 Å². The minimum atomic E-state index is -0.494. The van der Waals surface area contributed by atoms with Crippen LogP contribution in [0.15, 0.2) is 36.5 Å². The topological polar surface area (TPSA) is 80.8 Å². The summed E-state index contributed by atoms with van der Waals surface area (Å²) in [4.78, 5) is 29.6. The Morgan fingerprint density at radius 2 is 2.04 bits per heavy atom. The average Bonchev–Trinajstić information content (AvgIpc) is 2.90. The number of hydrogen-bond donors (Lipinski definition) is 1. The fraction of sp³-hybridized carbons (Fsp3) is 0.278. The minimum Gasteiger partial charge on any atom is -0.496 e. The van der Waals surface area contributed by atoms with Crippen LogP contribution in [-0.2, 0) is 4.79 Å². The molecule has 1 fully saturated rings. The molecule has 1 aliphatic rings. The first kappa shape index (κ1) is 16.8. The third kappa shape index (κ3) is 3.26. The summed E-state index contributed by atoms with van der Waals surface area (Å²) in [5.74, 6) is 1.26. The standard InChI is InChI=1S/C18H19N3O4/c1-4-14-17(22)21(18(23)20-14)12-7-8-19-16(9-12)25-13-6-5-11(2)15(10-13)24-3/h5-10,14H,4H2,1-3H3,(H,20,23)/t14-/m1/s1. The summed E-state index contributed by atoms with van der Waals surface area (Å²) >= 11 is 0. The zero-order valence-corrected chi connectivity index (χ0v) is 14.3. The van der Waals surface area contributed by atoms with Gasteiger partial charge in [0.2, 0.25) is 5.88 Å². The van der Waals surface area contributed by atoms with Crippen LogP contribution < -0.4 is 19.7 Å². The molecule has 130 valence electrons. The molecule has 0 radical (unpaired) electrons. The fourth-order valence-corrected chi connectivity index (χ4v) is 2.63. The van der Waals surface area contributed by atoms with E-state index in [0.717, 1.165) is 10.5 Å². The number of carbonyl (C=O) groups excluding carboxylic acids is 2. The van der Waals surface area contributed by atoms with Crippen molar-refractivity contribution in [3.63, 3.8) is 0 Å². The van der Waals surface area contributed by atoms with Crippen molar-refractivity contribution in [3.8, 4) is 17.4 Å². The summed E-state index contributed by atoms with van der Waals surface area (Å²) in [5.41, 5.74) is 1.41. The van der Waals surface area contributed by atoms with E-state index in [2.05, 4.69) is 10.3 Å². The summed E-state index contributed by atoms with van der Waals surface area (Å²) in [6.45, 7) is 3.78. The van der Waals surface area contributed by atoms with Gasteiger partial charge in [-0.3, -0.25) is 4.79 Å². The summed E-state index contributed by atoms with van der Waals surface area (Å²) in [7, 11) is 1.59. The molecule has 7 nitrogen and oxygen atoms in total. The smallest absolute Gasteiger partial charge is 0.329 e. The Balaban J connectivity index is 1.85. The molecule has 1 aromatic heterocycles. The van der Waals surface area contributed by atoms with Crippen molar-refractivity contribution >= 4 is 17.6 Å². The molecular formula is C18H19N3O4. The zero-order chi connectivity index (χ0) is 18.0. The molecule has 0 aliphatic carbocycles. The Bertz CT molecular complexity index is 822. The number of pyridine rings is 1. The molecule has 0 saturated carbocycles. The summed E-state index contributed by atoms with van der Waals surface area (Å²) in [6.07, 6.45) is 2.04. The van der Waals surface area contributed by atoms with E-state index < -0.39 is 12.1 Å².